The fourth-order valence-electron chi connectivity index (χ4n) is 5.82. The van der Waals surface area contributed by atoms with Gasteiger partial charge in [-0.25, -0.2) is 24.7 Å². The Bertz CT molecular complexity index is 1470. The third kappa shape index (κ3) is 4.67. The standard InChI is InChI=1S/C27H27ClN6O6S/c1-27(2)21(24(37)38)33-22(36)20(23(33)41-27)30-18(35)11-13-4-3-5-16(10-13)29-25(39)32-12-17-19(31-34(17)26(32)40)14-6-8-15(28)9-7-14/h3-10,17,19-21,23,31H,11-12H2,1-2H3,(H,29,39)(H,30,35)(H,37,38)/t17?,19?,20-,21+,23-/m1/s1. The fraction of sp³-hybridized carbons (Fsp3) is 0.370. The number of benzene rings is 2. The second-order valence-corrected chi connectivity index (χ2v) is 13.1. The second-order valence-electron chi connectivity index (χ2n) is 10.9. The van der Waals surface area contributed by atoms with E-state index in [-0.39, 0.29) is 25.0 Å². The van der Waals surface area contributed by atoms with Crippen LogP contribution < -0.4 is 16.1 Å². The van der Waals surface area contributed by atoms with E-state index in [1.165, 1.54) is 21.7 Å². The van der Waals surface area contributed by atoms with Crippen molar-refractivity contribution in [2.45, 2.75) is 54.6 Å². The quantitative estimate of drug-likeness (QED) is 0.370. The van der Waals surface area contributed by atoms with E-state index in [0.29, 0.717) is 16.3 Å². The summed E-state index contributed by atoms with van der Waals surface area (Å²) in [6.45, 7) is 3.75. The van der Waals surface area contributed by atoms with Gasteiger partial charge in [0, 0.05) is 15.5 Å². The van der Waals surface area contributed by atoms with Gasteiger partial charge in [0.05, 0.1) is 25.0 Å². The zero-order valence-electron chi connectivity index (χ0n) is 22.0. The molecule has 4 N–H and O–H groups in total. The number of aliphatic carboxylic acids is 1. The Morgan fingerprint density at radius 3 is 2.59 bits per heavy atom. The number of halogens is 1. The number of carbonyl (C=O) groups excluding carboxylic acids is 4. The topological polar surface area (TPSA) is 151 Å². The maximum absolute atomic E-state index is 13.0. The molecule has 12 nitrogen and oxygen atoms in total. The van der Waals surface area contributed by atoms with Gasteiger partial charge < -0.3 is 20.6 Å². The number of carbonyl (C=O) groups is 5. The van der Waals surface area contributed by atoms with E-state index >= 15 is 0 Å². The predicted octanol–water partition coefficient (Wildman–Crippen LogP) is 2.41. The number of urea groups is 2. The van der Waals surface area contributed by atoms with E-state index in [1.54, 1.807) is 50.2 Å². The number of nitrogens with zero attached hydrogens (tertiary/aromatic N) is 3. The lowest BCUT2D eigenvalue weighted by molar-refractivity contribution is -0.161. The molecule has 0 radical (unpaired) electrons. The fourth-order valence-corrected chi connectivity index (χ4v) is 7.57. The van der Waals surface area contributed by atoms with Crippen LogP contribution in [-0.2, 0) is 20.8 Å². The molecule has 41 heavy (non-hydrogen) atoms. The predicted molar refractivity (Wildman–Crippen MR) is 150 cm³/mol. The highest BCUT2D eigenvalue weighted by molar-refractivity contribution is 8.01. The maximum atomic E-state index is 13.0. The zero-order chi connectivity index (χ0) is 29.2. The van der Waals surface area contributed by atoms with Crippen LogP contribution in [0.25, 0.3) is 0 Å². The summed E-state index contributed by atoms with van der Waals surface area (Å²) < 4.78 is -0.682. The number of hydrogen-bond donors (Lipinski definition) is 4. The number of thioether (sulfide) groups is 1. The van der Waals surface area contributed by atoms with E-state index in [1.807, 2.05) is 12.1 Å². The molecule has 0 aromatic heterocycles. The minimum absolute atomic E-state index is 0.0538. The highest BCUT2D eigenvalue weighted by Gasteiger charge is 2.64. The van der Waals surface area contributed by atoms with Crippen LogP contribution >= 0.6 is 23.4 Å². The summed E-state index contributed by atoms with van der Waals surface area (Å²) in [5, 5.41) is 16.6. The lowest BCUT2D eigenvalue weighted by Gasteiger charge is -2.43. The van der Waals surface area contributed by atoms with Gasteiger partial charge in [0.25, 0.3) is 0 Å². The lowest BCUT2D eigenvalue weighted by atomic mass is 9.96. The number of carboxylic acids is 1. The number of anilines is 1. The number of fused-ring (bicyclic) bond motifs is 2. The van der Waals surface area contributed by atoms with Gasteiger partial charge in [-0.3, -0.25) is 14.6 Å². The smallest absolute Gasteiger partial charge is 0.342 e. The first-order valence-corrected chi connectivity index (χ1v) is 14.2. The Balaban J connectivity index is 1.04. The highest BCUT2D eigenvalue weighted by Crippen LogP contribution is 2.50. The largest absolute Gasteiger partial charge is 0.480 e. The second kappa shape index (κ2) is 9.93. The Morgan fingerprint density at radius 2 is 1.88 bits per heavy atom. The van der Waals surface area contributed by atoms with Crippen LogP contribution in [0, 0.1) is 0 Å². The molecule has 4 aliphatic heterocycles. The number of amides is 6. The number of imide groups is 1. The third-order valence-corrected chi connectivity index (χ3v) is 9.63. The van der Waals surface area contributed by atoms with E-state index in [4.69, 9.17) is 11.6 Å². The van der Waals surface area contributed by atoms with Gasteiger partial charge in [-0.2, -0.15) is 0 Å². The molecular formula is C27H27ClN6O6S. The van der Waals surface area contributed by atoms with Gasteiger partial charge in [0.2, 0.25) is 11.8 Å². The van der Waals surface area contributed by atoms with E-state index < -0.39 is 52.1 Å². The van der Waals surface area contributed by atoms with Gasteiger partial charge in [-0.15, -0.1) is 11.8 Å². The summed E-state index contributed by atoms with van der Waals surface area (Å²) >= 11 is 7.33. The van der Waals surface area contributed by atoms with Crippen LogP contribution in [0.3, 0.4) is 0 Å². The molecule has 4 heterocycles. The van der Waals surface area contributed by atoms with Crippen molar-refractivity contribution >= 4 is 58.9 Å². The molecule has 0 saturated carbocycles. The van der Waals surface area contributed by atoms with Crippen molar-refractivity contribution in [3.63, 3.8) is 0 Å². The average molecular weight is 599 g/mol. The van der Waals surface area contributed by atoms with E-state index in [0.717, 1.165) is 10.5 Å². The SMILES string of the molecule is CC1(C)S[C@@H]2[C@H](NC(=O)Cc3cccc(NC(=O)N4CC5C(c6ccc(Cl)cc6)NN5C4=O)c3)C(=O)N2[C@H]1C(=O)O. The van der Waals surface area contributed by atoms with Crippen LogP contribution in [0.4, 0.5) is 15.3 Å². The summed E-state index contributed by atoms with van der Waals surface area (Å²) in [6, 6.07) is 10.9. The molecule has 0 bridgehead atoms. The molecular weight excluding hydrogens is 572 g/mol. The van der Waals surface area contributed by atoms with Gasteiger partial charge in [0.15, 0.2) is 0 Å². The minimum Gasteiger partial charge on any atom is -0.480 e. The first kappa shape index (κ1) is 27.4. The summed E-state index contributed by atoms with van der Waals surface area (Å²) in [5.74, 6) is -1.88. The minimum atomic E-state index is -1.07. The highest BCUT2D eigenvalue weighted by atomic mass is 35.5. The Morgan fingerprint density at radius 1 is 1.15 bits per heavy atom. The van der Waals surface area contributed by atoms with E-state index in [9.17, 15) is 29.1 Å². The molecule has 0 spiro atoms. The number of hydrazine groups is 1. The lowest BCUT2D eigenvalue weighted by Crippen LogP contribution is -2.70. The normalized spacial score (nSPS) is 27.5. The van der Waals surface area contributed by atoms with Crippen LogP contribution in [0.5, 0.6) is 0 Å². The van der Waals surface area contributed by atoms with Crippen LogP contribution in [0.1, 0.15) is 31.0 Å². The number of nitrogens with one attached hydrogen (secondary N) is 3. The van der Waals surface area contributed by atoms with Crippen LogP contribution in [-0.4, -0.2) is 84.6 Å². The van der Waals surface area contributed by atoms with Crippen molar-refractivity contribution in [1.82, 2.24) is 25.6 Å². The summed E-state index contributed by atoms with van der Waals surface area (Å²) in [6.07, 6.45) is -0.0538. The number of hydrogen-bond acceptors (Lipinski definition) is 7. The maximum Gasteiger partial charge on any atom is 0.342 e. The number of β-lactam (4-membered cyclic amide) rings is 1. The van der Waals surface area contributed by atoms with Crippen LogP contribution in [0.2, 0.25) is 5.02 Å². The van der Waals surface area contributed by atoms with Gasteiger partial charge in [-0.1, -0.05) is 35.9 Å². The van der Waals surface area contributed by atoms with Gasteiger partial charge >= 0.3 is 18.0 Å². The molecule has 2 aromatic rings. The Labute approximate surface area is 244 Å². The molecule has 14 heteroatoms. The monoisotopic (exact) mass is 598 g/mol. The van der Waals surface area contributed by atoms with Gasteiger partial charge in [-0.05, 0) is 49.2 Å². The molecule has 0 aliphatic carbocycles. The molecule has 214 valence electrons. The Hall–Kier alpha value is -3.81. The zero-order valence-corrected chi connectivity index (χ0v) is 23.6. The summed E-state index contributed by atoms with van der Waals surface area (Å²) in [7, 11) is 0. The molecule has 6 rings (SSSR count). The molecule has 4 aliphatic rings. The van der Waals surface area contributed by atoms with Crippen molar-refractivity contribution < 1.29 is 29.1 Å². The van der Waals surface area contributed by atoms with Gasteiger partial charge in [0.1, 0.15) is 17.5 Å². The van der Waals surface area contributed by atoms with Crippen LogP contribution in [0.15, 0.2) is 48.5 Å². The van der Waals surface area contributed by atoms with Crippen molar-refractivity contribution in [1.29, 1.82) is 0 Å². The summed E-state index contributed by atoms with van der Waals surface area (Å²) in [4.78, 5) is 65.4. The molecule has 4 saturated heterocycles. The Kier molecular flexibility index (Phi) is 6.63. The van der Waals surface area contributed by atoms with Crippen molar-refractivity contribution in [2.24, 2.45) is 0 Å². The molecule has 6 amide bonds. The first-order valence-electron chi connectivity index (χ1n) is 13.0. The van der Waals surface area contributed by atoms with Crippen molar-refractivity contribution in [3.8, 4) is 0 Å². The number of carboxylic acid groups (broad SMARTS) is 1. The molecule has 5 atom stereocenters. The molecule has 2 aromatic carbocycles. The van der Waals surface area contributed by atoms with E-state index in [2.05, 4.69) is 16.1 Å². The first-order chi connectivity index (χ1) is 19.4. The number of rotatable bonds is 6. The summed E-state index contributed by atoms with van der Waals surface area (Å²) in [5.41, 5.74) is 5.04. The van der Waals surface area contributed by atoms with Crippen molar-refractivity contribution in [2.75, 3.05) is 11.9 Å². The molecule has 2 unspecified atom stereocenters. The van der Waals surface area contributed by atoms with Crippen molar-refractivity contribution in [3.05, 3.63) is 64.7 Å². The third-order valence-electron chi connectivity index (χ3n) is 7.81. The average Bonchev–Trinajstić information content (AvgIpc) is 3.30. The molecule has 4 fully saturated rings.